The van der Waals surface area contributed by atoms with Crippen LogP contribution in [0.4, 0.5) is 10.1 Å². The van der Waals surface area contributed by atoms with Gasteiger partial charge in [-0.25, -0.2) is 12.8 Å². The van der Waals surface area contributed by atoms with Gasteiger partial charge in [-0.1, -0.05) is 6.07 Å². The van der Waals surface area contributed by atoms with Crippen molar-refractivity contribution in [1.29, 1.82) is 0 Å². The van der Waals surface area contributed by atoms with E-state index in [1.807, 2.05) is 0 Å². The van der Waals surface area contributed by atoms with E-state index in [0.29, 0.717) is 18.8 Å². The average Bonchev–Trinajstić information content (AvgIpc) is 3.00. The summed E-state index contributed by atoms with van der Waals surface area (Å²) in [7, 11) is -3.86. The van der Waals surface area contributed by atoms with Crippen LogP contribution in [-0.4, -0.2) is 37.4 Å². The van der Waals surface area contributed by atoms with E-state index in [1.165, 1.54) is 22.6 Å². The van der Waals surface area contributed by atoms with E-state index >= 15 is 0 Å². The summed E-state index contributed by atoms with van der Waals surface area (Å²) in [4.78, 5) is 0.152. The first-order valence-electron chi connectivity index (χ1n) is 7.72. The molecule has 0 aliphatic carbocycles. The number of nitrogens with zero attached hydrogens (tertiary/aromatic N) is 3. The standard InChI is InChI=1S/C15H17FN4O3S/c1-10-9-20(12-4-2-3-11(16)15(12)23-10)24(21,22)14-8-18-19-6-5-17-7-13(14)19/h2-4,8,10,17H,5-7,9H2,1H3. The van der Waals surface area contributed by atoms with Crippen LogP contribution in [0.3, 0.4) is 0 Å². The maximum Gasteiger partial charge on any atom is 0.268 e. The van der Waals surface area contributed by atoms with Crippen LogP contribution >= 0.6 is 0 Å². The maximum atomic E-state index is 14.0. The molecule has 2 aliphatic heterocycles. The molecule has 2 aliphatic rings. The Morgan fingerprint density at radius 1 is 1.42 bits per heavy atom. The van der Waals surface area contributed by atoms with E-state index in [4.69, 9.17) is 4.74 Å². The Bertz CT molecular complexity index is 896. The van der Waals surface area contributed by atoms with Gasteiger partial charge >= 0.3 is 0 Å². The highest BCUT2D eigenvalue weighted by Crippen LogP contribution is 2.39. The lowest BCUT2D eigenvalue weighted by molar-refractivity contribution is 0.209. The molecule has 0 radical (unpaired) electrons. The van der Waals surface area contributed by atoms with Crippen molar-refractivity contribution in [2.24, 2.45) is 0 Å². The molecule has 0 amide bonds. The summed E-state index contributed by atoms with van der Waals surface area (Å²) in [5, 5.41) is 7.33. The summed E-state index contributed by atoms with van der Waals surface area (Å²) >= 11 is 0. The summed E-state index contributed by atoms with van der Waals surface area (Å²) in [6.07, 6.45) is 0.922. The number of ether oxygens (including phenoxy) is 1. The number of fused-ring (bicyclic) bond motifs is 2. The van der Waals surface area contributed by atoms with Crippen LogP contribution < -0.4 is 14.4 Å². The zero-order valence-electron chi connectivity index (χ0n) is 13.1. The molecule has 9 heteroatoms. The van der Waals surface area contributed by atoms with Crippen molar-refractivity contribution >= 4 is 15.7 Å². The molecule has 24 heavy (non-hydrogen) atoms. The van der Waals surface area contributed by atoms with Gasteiger partial charge in [0, 0.05) is 13.1 Å². The van der Waals surface area contributed by atoms with Crippen LogP contribution in [-0.2, 0) is 23.1 Å². The summed E-state index contributed by atoms with van der Waals surface area (Å²) in [5.41, 5.74) is 0.843. The third kappa shape index (κ3) is 2.27. The molecule has 1 N–H and O–H groups in total. The summed E-state index contributed by atoms with van der Waals surface area (Å²) in [6.45, 7) is 3.64. The van der Waals surface area contributed by atoms with E-state index in [-0.39, 0.29) is 22.9 Å². The number of para-hydroxylation sites is 1. The van der Waals surface area contributed by atoms with Crippen LogP contribution in [0.2, 0.25) is 0 Å². The molecule has 7 nitrogen and oxygen atoms in total. The molecule has 3 heterocycles. The first-order valence-corrected chi connectivity index (χ1v) is 9.16. The number of sulfonamides is 1. The van der Waals surface area contributed by atoms with Crippen LogP contribution in [0.25, 0.3) is 0 Å². The van der Waals surface area contributed by atoms with Crippen LogP contribution in [0.5, 0.6) is 5.75 Å². The summed E-state index contributed by atoms with van der Waals surface area (Å²) < 4.78 is 48.9. The number of hydrogen-bond donors (Lipinski definition) is 1. The molecular weight excluding hydrogens is 335 g/mol. The largest absolute Gasteiger partial charge is 0.484 e. The van der Waals surface area contributed by atoms with Gasteiger partial charge in [-0.3, -0.25) is 8.99 Å². The zero-order valence-corrected chi connectivity index (χ0v) is 13.9. The highest BCUT2D eigenvalue weighted by Gasteiger charge is 2.37. The topological polar surface area (TPSA) is 76.5 Å². The molecule has 1 atom stereocenters. The molecule has 1 aromatic heterocycles. The van der Waals surface area contributed by atoms with Gasteiger partial charge in [0.15, 0.2) is 11.6 Å². The van der Waals surface area contributed by atoms with Gasteiger partial charge in [-0.05, 0) is 19.1 Å². The molecule has 0 bridgehead atoms. The normalized spacial score (nSPS) is 20.2. The monoisotopic (exact) mass is 352 g/mol. The Kier molecular flexibility index (Phi) is 3.50. The molecule has 4 rings (SSSR count). The van der Waals surface area contributed by atoms with E-state index < -0.39 is 21.9 Å². The molecule has 0 spiro atoms. The predicted molar refractivity (Wildman–Crippen MR) is 85.0 cm³/mol. The fourth-order valence-corrected chi connectivity index (χ4v) is 4.80. The van der Waals surface area contributed by atoms with Crippen LogP contribution in [0.1, 0.15) is 12.6 Å². The molecule has 2 aromatic rings. The van der Waals surface area contributed by atoms with Gasteiger partial charge in [-0.15, -0.1) is 0 Å². The van der Waals surface area contributed by atoms with E-state index in [9.17, 15) is 12.8 Å². The number of benzene rings is 1. The van der Waals surface area contributed by atoms with Crippen LogP contribution in [0.15, 0.2) is 29.3 Å². The van der Waals surface area contributed by atoms with E-state index in [2.05, 4.69) is 10.4 Å². The summed E-state index contributed by atoms with van der Waals surface area (Å²) in [5.74, 6) is -0.600. The fourth-order valence-electron chi connectivity index (χ4n) is 3.10. The minimum absolute atomic E-state index is 0.0287. The third-order valence-corrected chi connectivity index (χ3v) is 6.05. The number of halogens is 1. The number of anilines is 1. The first kappa shape index (κ1) is 15.4. The van der Waals surface area contributed by atoms with Crippen molar-refractivity contribution in [3.8, 4) is 5.75 Å². The van der Waals surface area contributed by atoms with Crippen molar-refractivity contribution in [2.75, 3.05) is 17.4 Å². The average molecular weight is 352 g/mol. The SMILES string of the molecule is CC1CN(S(=O)(=O)c2cnn3c2CNCC3)c2cccc(F)c2O1. The Hall–Kier alpha value is -2.13. The number of hydrogen-bond acceptors (Lipinski definition) is 5. The van der Waals surface area contributed by atoms with Gasteiger partial charge in [0.2, 0.25) is 0 Å². The fraction of sp³-hybridized carbons (Fsp3) is 0.400. The third-order valence-electron chi connectivity index (χ3n) is 4.23. The van der Waals surface area contributed by atoms with E-state index in [0.717, 1.165) is 6.54 Å². The molecular formula is C15H17FN4O3S. The zero-order chi connectivity index (χ0) is 16.9. The second-order valence-corrected chi connectivity index (χ2v) is 7.74. The second-order valence-electron chi connectivity index (χ2n) is 5.91. The Morgan fingerprint density at radius 3 is 3.08 bits per heavy atom. The van der Waals surface area contributed by atoms with Crippen molar-refractivity contribution in [1.82, 2.24) is 15.1 Å². The van der Waals surface area contributed by atoms with Gasteiger partial charge < -0.3 is 10.1 Å². The van der Waals surface area contributed by atoms with Gasteiger partial charge in [-0.2, -0.15) is 5.10 Å². The summed E-state index contributed by atoms with van der Waals surface area (Å²) in [6, 6.07) is 4.29. The van der Waals surface area contributed by atoms with Gasteiger partial charge in [0.1, 0.15) is 11.0 Å². The molecule has 1 unspecified atom stereocenters. The number of rotatable bonds is 2. The molecule has 0 saturated heterocycles. The minimum atomic E-state index is -3.86. The lowest BCUT2D eigenvalue weighted by Gasteiger charge is -2.34. The van der Waals surface area contributed by atoms with Crippen molar-refractivity contribution in [2.45, 2.75) is 31.0 Å². The van der Waals surface area contributed by atoms with Crippen molar-refractivity contribution < 1.29 is 17.5 Å². The predicted octanol–water partition coefficient (Wildman–Crippen LogP) is 1.10. The lowest BCUT2D eigenvalue weighted by atomic mass is 10.2. The Balaban J connectivity index is 1.84. The molecule has 0 saturated carbocycles. The second kappa shape index (κ2) is 5.45. The van der Waals surface area contributed by atoms with Gasteiger partial charge in [0.25, 0.3) is 10.0 Å². The molecule has 0 fully saturated rings. The maximum absolute atomic E-state index is 14.0. The Morgan fingerprint density at radius 2 is 2.25 bits per heavy atom. The minimum Gasteiger partial charge on any atom is -0.484 e. The first-order chi connectivity index (χ1) is 11.5. The smallest absolute Gasteiger partial charge is 0.268 e. The van der Waals surface area contributed by atoms with Crippen LogP contribution in [0, 0.1) is 5.82 Å². The Labute approximate surface area is 139 Å². The number of nitrogens with one attached hydrogen (secondary N) is 1. The van der Waals surface area contributed by atoms with Crippen molar-refractivity contribution in [3.63, 3.8) is 0 Å². The highest BCUT2D eigenvalue weighted by atomic mass is 32.2. The lowest BCUT2D eigenvalue weighted by Crippen LogP contribution is -2.43. The van der Waals surface area contributed by atoms with Crippen molar-refractivity contribution in [3.05, 3.63) is 35.9 Å². The molecule has 1 aromatic carbocycles. The highest BCUT2D eigenvalue weighted by molar-refractivity contribution is 7.92. The van der Waals surface area contributed by atoms with Gasteiger partial charge in [0.05, 0.1) is 30.7 Å². The van der Waals surface area contributed by atoms with E-state index in [1.54, 1.807) is 17.7 Å². The quantitative estimate of drug-likeness (QED) is 0.876. The number of aromatic nitrogens is 2. The molecule has 128 valence electrons.